The molecule has 0 atom stereocenters. The monoisotopic (exact) mass is 430 g/mol. The van der Waals surface area contributed by atoms with Crippen molar-refractivity contribution in [2.45, 2.75) is 13.8 Å². The Morgan fingerprint density at radius 2 is 1.66 bits per heavy atom. The van der Waals surface area contributed by atoms with E-state index in [-0.39, 0.29) is 0 Å². The molecule has 4 aromatic rings. The van der Waals surface area contributed by atoms with Gasteiger partial charge in [-0.15, -0.1) is 10.2 Å². The van der Waals surface area contributed by atoms with Crippen LogP contribution in [0.4, 0.5) is 11.6 Å². The summed E-state index contributed by atoms with van der Waals surface area (Å²) < 4.78 is 7.30. The maximum absolute atomic E-state index is 5.51. The van der Waals surface area contributed by atoms with Crippen molar-refractivity contribution in [3.63, 3.8) is 0 Å². The highest BCUT2D eigenvalue weighted by atomic mass is 16.5. The molecule has 1 saturated heterocycles. The Labute approximate surface area is 186 Å². The molecule has 0 radical (unpaired) electrons. The van der Waals surface area contributed by atoms with Gasteiger partial charge < -0.3 is 14.5 Å². The summed E-state index contributed by atoms with van der Waals surface area (Å²) in [7, 11) is 1.91. The third-order valence-corrected chi connectivity index (χ3v) is 5.70. The third kappa shape index (κ3) is 3.81. The summed E-state index contributed by atoms with van der Waals surface area (Å²) in [5.41, 5.74) is 2.74. The van der Waals surface area contributed by atoms with Crippen LogP contribution < -0.4 is 14.5 Å². The van der Waals surface area contributed by atoms with Gasteiger partial charge in [-0.05, 0) is 50.2 Å². The fourth-order valence-corrected chi connectivity index (χ4v) is 4.04. The first-order valence-electron chi connectivity index (χ1n) is 10.9. The zero-order chi connectivity index (χ0) is 22.1. The molecule has 0 saturated carbocycles. The number of nitrogens with zero attached hydrogens (tertiary/aromatic N) is 8. The van der Waals surface area contributed by atoms with Crippen LogP contribution in [-0.2, 0) is 7.05 Å². The van der Waals surface area contributed by atoms with Crippen LogP contribution in [0.15, 0.2) is 42.6 Å². The van der Waals surface area contributed by atoms with Gasteiger partial charge in [-0.1, -0.05) is 0 Å². The molecule has 1 aliphatic heterocycles. The Kier molecular flexibility index (Phi) is 5.30. The van der Waals surface area contributed by atoms with Crippen LogP contribution in [0.25, 0.3) is 22.3 Å². The molecule has 0 spiro atoms. The van der Waals surface area contributed by atoms with E-state index in [0.29, 0.717) is 6.61 Å². The van der Waals surface area contributed by atoms with Gasteiger partial charge in [0, 0.05) is 38.8 Å². The van der Waals surface area contributed by atoms with E-state index in [9.17, 15) is 0 Å². The lowest BCUT2D eigenvalue weighted by molar-refractivity contribution is 0.340. The maximum atomic E-state index is 5.51. The van der Waals surface area contributed by atoms with Crippen molar-refractivity contribution in [3.05, 3.63) is 48.4 Å². The number of aryl methyl sites for hydroxylation is 2. The minimum absolute atomic E-state index is 0.658. The summed E-state index contributed by atoms with van der Waals surface area (Å²) in [6, 6.07) is 12.0. The zero-order valence-corrected chi connectivity index (χ0v) is 18.6. The molecular weight excluding hydrogens is 404 g/mol. The average molecular weight is 431 g/mol. The van der Waals surface area contributed by atoms with Crippen LogP contribution in [-0.4, -0.2) is 62.7 Å². The molecule has 9 heteroatoms. The molecule has 5 rings (SSSR count). The third-order valence-electron chi connectivity index (χ3n) is 5.70. The van der Waals surface area contributed by atoms with E-state index in [2.05, 4.69) is 30.1 Å². The maximum Gasteiger partial charge on any atom is 0.163 e. The SMILES string of the molecule is CCOc1ccc(-c2ccc(N3CCN(c4nc(C)nc5c4cnn5C)CC3)nn2)cc1. The van der Waals surface area contributed by atoms with E-state index in [0.717, 1.165) is 71.7 Å². The van der Waals surface area contributed by atoms with Gasteiger partial charge in [0.25, 0.3) is 0 Å². The minimum Gasteiger partial charge on any atom is -0.494 e. The molecule has 0 N–H and O–H groups in total. The highest BCUT2D eigenvalue weighted by Crippen LogP contribution is 2.26. The molecule has 0 unspecified atom stereocenters. The summed E-state index contributed by atoms with van der Waals surface area (Å²) in [5.74, 6) is 3.47. The number of ether oxygens (including phenoxy) is 1. The van der Waals surface area contributed by atoms with Crippen molar-refractivity contribution in [2.75, 3.05) is 42.6 Å². The van der Waals surface area contributed by atoms with Gasteiger partial charge in [0.2, 0.25) is 0 Å². The molecule has 1 fully saturated rings. The van der Waals surface area contributed by atoms with Gasteiger partial charge in [-0.2, -0.15) is 5.10 Å². The van der Waals surface area contributed by atoms with Gasteiger partial charge >= 0.3 is 0 Å². The Bertz CT molecular complexity index is 1210. The molecule has 1 aliphatic rings. The summed E-state index contributed by atoms with van der Waals surface area (Å²) in [4.78, 5) is 13.8. The first-order chi connectivity index (χ1) is 15.6. The van der Waals surface area contributed by atoms with Crippen molar-refractivity contribution in [1.29, 1.82) is 0 Å². The smallest absolute Gasteiger partial charge is 0.163 e. The van der Waals surface area contributed by atoms with E-state index in [4.69, 9.17) is 9.72 Å². The van der Waals surface area contributed by atoms with Crippen molar-refractivity contribution in [3.8, 4) is 17.0 Å². The lowest BCUT2D eigenvalue weighted by Crippen LogP contribution is -2.47. The number of hydrogen-bond acceptors (Lipinski definition) is 8. The Morgan fingerprint density at radius 1 is 0.906 bits per heavy atom. The standard InChI is InChI=1S/C23H26N8O/c1-4-32-18-7-5-17(6-8-18)20-9-10-21(28-27-20)30-11-13-31(14-12-30)23-19-15-24-29(3)22(19)25-16(2)26-23/h5-10,15H,4,11-14H2,1-3H3. The number of piperazine rings is 1. The minimum atomic E-state index is 0.658. The predicted octanol–water partition coefficient (Wildman–Crippen LogP) is 2.85. The van der Waals surface area contributed by atoms with Crippen LogP contribution in [0.2, 0.25) is 0 Å². The highest BCUT2D eigenvalue weighted by Gasteiger charge is 2.22. The predicted molar refractivity (Wildman–Crippen MR) is 124 cm³/mol. The Hall–Kier alpha value is -3.75. The van der Waals surface area contributed by atoms with Crippen molar-refractivity contribution in [1.82, 2.24) is 29.9 Å². The number of rotatable bonds is 5. The summed E-state index contributed by atoms with van der Waals surface area (Å²) in [6.07, 6.45) is 1.85. The van der Waals surface area contributed by atoms with Crippen LogP contribution in [0.5, 0.6) is 5.75 Å². The van der Waals surface area contributed by atoms with Gasteiger partial charge in [-0.25, -0.2) is 9.97 Å². The summed E-state index contributed by atoms with van der Waals surface area (Å²) >= 11 is 0. The van der Waals surface area contributed by atoms with Gasteiger partial charge in [0.1, 0.15) is 17.4 Å². The van der Waals surface area contributed by atoms with E-state index < -0.39 is 0 Å². The molecule has 0 amide bonds. The molecule has 32 heavy (non-hydrogen) atoms. The molecule has 0 bridgehead atoms. The van der Waals surface area contributed by atoms with Crippen LogP contribution in [0.3, 0.4) is 0 Å². The first-order valence-corrected chi connectivity index (χ1v) is 10.9. The normalized spacial score (nSPS) is 14.2. The summed E-state index contributed by atoms with van der Waals surface area (Å²) in [6.45, 7) is 7.96. The highest BCUT2D eigenvalue weighted by molar-refractivity contribution is 5.87. The molecule has 4 heterocycles. The first kappa shape index (κ1) is 20.2. The summed E-state index contributed by atoms with van der Waals surface area (Å²) in [5, 5.41) is 14.3. The topological polar surface area (TPSA) is 85.1 Å². The number of benzene rings is 1. The van der Waals surface area contributed by atoms with Crippen LogP contribution in [0, 0.1) is 6.92 Å². The van der Waals surface area contributed by atoms with Crippen LogP contribution >= 0.6 is 0 Å². The van der Waals surface area contributed by atoms with Crippen molar-refractivity contribution < 1.29 is 4.74 Å². The Morgan fingerprint density at radius 3 is 2.34 bits per heavy atom. The van der Waals surface area contributed by atoms with Gasteiger partial charge in [0.05, 0.1) is 23.9 Å². The fourth-order valence-electron chi connectivity index (χ4n) is 4.04. The lowest BCUT2D eigenvalue weighted by Gasteiger charge is -2.36. The molecule has 1 aromatic carbocycles. The zero-order valence-electron chi connectivity index (χ0n) is 18.6. The van der Waals surface area contributed by atoms with E-state index in [1.54, 1.807) is 4.68 Å². The lowest BCUT2D eigenvalue weighted by atomic mass is 10.1. The molecule has 9 nitrogen and oxygen atoms in total. The number of hydrogen-bond donors (Lipinski definition) is 0. The van der Waals surface area contributed by atoms with Crippen LogP contribution in [0.1, 0.15) is 12.7 Å². The van der Waals surface area contributed by atoms with E-state index >= 15 is 0 Å². The van der Waals surface area contributed by atoms with E-state index in [1.165, 1.54) is 0 Å². The van der Waals surface area contributed by atoms with Gasteiger partial charge in [-0.3, -0.25) is 4.68 Å². The van der Waals surface area contributed by atoms with Gasteiger partial charge in [0.15, 0.2) is 11.5 Å². The quantitative estimate of drug-likeness (QED) is 0.478. The largest absolute Gasteiger partial charge is 0.494 e. The average Bonchev–Trinajstić information content (AvgIpc) is 3.20. The second kappa shape index (κ2) is 8.41. The van der Waals surface area contributed by atoms with E-state index in [1.807, 2.05) is 63.5 Å². The van der Waals surface area contributed by atoms with Crippen molar-refractivity contribution in [2.24, 2.45) is 7.05 Å². The van der Waals surface area contributed by atoms with Crippen molar-refractivity contribution >= 4 is 22.7 Å². The molecular formula is C23H26N8O. The number of anilines is 2. The molecule has 164 valence electrons. The fraction of sp³-hybridized carbons (Fsp3) is 0.348. The molecule has 3 aromatic heterocycles. The number of fused-ring (bicyclic) bond motifs is 1. The second-order valence-corrected chi connectivity index (χ2v) is 7.81. The Balaban J connectivity index is 1.28. The number of aromatic nitrogens is 6. The molecule has 0 aliphatic carbocycles. The second-order valence-electron chi connectivity index (χ2n) is 7.81.